The Bertz CT molecular complexity index is 866. The van der Waals surface area contributed by atoms with E-state index in [4.69, 9.17) is 9.72 Å². The molecule has 0 radical (unpaired) electrons. The SMILES string of the molecule is COc1ccc(C(=O)N2CC[NH+](Cc3nc4ccccc4s3)CC2)cc1. The number of ether oxygens (including phenoxy) is 1. The summed E-state index contributed by atoms with van der Waals surface area (Å²) < 4.78 is 6.40. The fourth-order valence-corrected chi connectivity index (χ4v) is 4.37. The number of thiazole rings is 1. The van der Waals surface area contributed by atoms with Gasteiger partial charge in [-0.15, -0.1) is 11.3 Å². The van der Waals surface area contributed by atoms with Crippen LogP contribution in [-0.4, -0.2) is 49.1 Å². The molecule has 1 amide bonds. The molecule has 0 saturated carbocycles. The number of rotatable bonds is 4. The minimum atomic E-state index is 0.103. The summed E-state index contributed by atoms with van der Waals surface area (Å²) in [5.74, 6) is 0.873. The van der Waals surface area contributed by atoms with Gasteiger partial charge in [-0.1, -0.05) is 12.1 Å². The van der Waals surface area contributed by atoms with Crippen LogP contribution in [0.1, 0.15) is 15.4 Å². The van der Waals surface area contributed by atoms with Crippen LogP contribution in [0.5, 0.6) is 5.75 Å². The molecule has 0 unspecified atom stereocenters. The van der Waals surface area contributed by atoms with Crippen LogP contribution in [0.4, 0.5) is 0 Å². The summed E-state index contributed by atoms with van der Waals surface area (Å²) in [6.07, 6.45) is 0. The number of nitrogens with zero attached hydrogens (tertiary/aromatic N) is 2. The van der Waals surface area contributed by atoms with Crippen LogP contribution in [0.25, 0.3) is 10.2 Å². The Kier molecular flexibility index (Phi) is 4.86. The van der Waals surface area contributed by atoms with Crippen LogP contribution < -0.4 is 9.64 Å². The van der Waals surface area contributed by atoms with Gasteiger partial charge in [-0.3, -0.25) is 4.79 Å². The van der Waals surface area contributed by atoms with E-state index in [0.29, 0.717) is 0 Å². The second kappa shape index (κ2) is 7.43. The Balaban J connectivity index is 1.35. The highest BCUT2D eigenvalue weighted by Gasteiger charge is 2.25. The van der Waals surface area contributed by atoms with Gasteiger partial charge in [0.15, 0.2) is 0 Å². The van der Waals surface area contributed by atoms with Crippen molar-refractivity contribution in [3.63, 3.8) is 0 Å². The standard InChI is InChI=1S/C20H21N3O2S/c1-25-16-8-6-15(7-9-16)20(24)23-12-10-22(11-13-23)14-19-21-17-4-2-3-5-18(17)26-19/h2-9H,10-14H2,1H3/p+1. The molecule has 1 aliphatic heterocycles. The molecule has 1 saturated heterocycles. The number of nitrogens with one attached hydrogen (secondary N) is 1. The number of methoxy groups -OCH3 is 1. The number of benzene rings is 2. The first-order valence-corrected chi connectivity index (χ1v) is 9.66. The molecule has 1 N–H and O–H groups in total. The molecule has 0 aliphatic carbocycles. The number of carbonyl (C=O) groups excluding carboxylic acids is 1. The summed E-state index contributed by atoms with van der Waals surface area (Å²) in [6, 6.07) is 15.6. The third-order valence-electron chi connectivity index (χ3n) is 4.83. The molecule has 1 aromatic heterocycles. The molecule has 3 aromatic rings. The van der Waals surface area contributed by atoms with Crippen LogP contribution in [0.15, 0.2) is 48.5 Å². The third kappa shape index (κ3) is 3.57. The van der Waals surface area contributed by atoms with Crippen molar-refractivity contribution < 1.29 is 14.4 Å². The number of para-hydroxylation sites is 1. The minimum Gasteiger partial charge on any atom is -0.497 e. The van der Waals surface area contributed by atoms with Crippen molar-refractivity contribution in [2.24, 2.45) is 0 Å². The summed E-state index contributed by atoms with van der Waals surface area (Å²) in [6.45, 7) is 4.41. The van der Waals surface area contributed by atoms with Gasteiger partial charge >= 0.3 is 0 Å². The fourth-order valence-electron chi connectivity index (χ4n) is 3.33. The predicted octanol–water partition coefficient (Wildman–Crippen LogP) is 1.85. The van der Waals surface area contributed by atoms with E-state index in [-0.39, 0.29) is 5.91 Å². The molecular weight excluding hydrogens is 346 g/mol. The highest BCUT2D eigenvalue weighted by molar-refractivity contribution is 7.18. The molecule has 6 heteroatoms. The number of hydrogen-bond donors (Lipinski definition) is 1. The van der Waals surface area contributed by atoms with Crippen molar-refractivity contribution in [2.75, 3.05) is 33.3 Å². The van der Waals surface area contributed by atoms with E-state index in [1.807, 2.05) is 35.2 Å². The average Bonchev–Trinajstić information content (AvgIpc) is 3.10. The maximum absolute atomic E-state index is 12.6. The summed E-state index contributed by atoms with van der Waals surface area (Å²) in [7, 11) is 1.63. The Morgan fingerprint density at radius 3 is 2.58 bits per heavy atom. The molecule has 2 aromatic carbocycles. The summed E-state index contributed by atoms with van der Waals surface area (Å²) in [5.41, 5.74) is 1.81. The van der Waals surface area contributed by atoms with E-state index in [2.05, 4.69) is 18.2 Å². The lowest BCUT2D eigenvalue weighted by Gasteiger charge is -2.31. The highest BCUT2D eigenvalue weighted by Crippen LogP contribution is 2.20. The molecule has 2 heterocycles. The van der Waals surface area contributed by atoms with Gasteiger partial charge in [0.25, 0.3) is 5.91 Å². The molecule has 134 valence electrons. The number of piperazine rings is 1. The third-order valence-corrected chi connectivity index (χ3v) is 5.87. The number of quaternary nitrogens is 1. The van der Waals surface area contributed by atoms with Crippen LogP contribution in [-0.2, 0) is 6.54 Å². The first kappa shape index (κ1) is 17.0. The smallest absolute Gasteiger partial charge is 0.254 e. The number of amides is 1. The quantitative estimate of drug-likeness (QED) is 0.765. The zero-order valence-electron chi connectivity index (χ0n) is 14.8. The molecule has 5 nitrogen and oxygen atoms in total. The molecular formula is C20H22N3O2S+. The predicted molar refractivity (Wildman–Crippen MR) is 103 cm³/mol. The van der Waals surface area contributed by atoms with Crippen LogP contribution in [0.2, 0.25) is 0 Å². The van der Waals surface area contributed by atoms with Gasteiger partial charge in [0.05, 0.1) is 43.5 Å². The van der Waals surface area contributed by atoms with Gasteiger partial charge in [0, 0.05) is 5.56 Å². The zero-order valence-corrected chi connectivity index (χ0v) is 15.6. The number of fused-ring (bicyclic) bond motifs is 1. The average molecular weight is 368 g/mol. The lowest BCUT2D eigenvalue weighted by atomic mass is 10.1. The van der Waals surface area contributed by atoms with Gasteiger partial charge in [0.2, 0.25) is 0 Å². The second-order valence-corrected chi connectivity index (χ2v) is 7.64. The first-order chi connectivity index (χ1) is 12.7. The van der Waals surface area contributed by atoms with Crippen molar-refractivity contribution in [2.45, 2.75) is 6.54 Å². The number of aromatic nitrogens is 1. The van der Waals surface area contributed by atoms with Gasteiger partial charge in [-0.2, -0.15) is 0 Å². The van der Waals surface area contributed by atoms with Crippen LogP contribution >= 0.6 is 11.3 Å². The molecule has 1 aliphatic rings. The van der Waals surface area contributed by atoms with Crippen molar-refractivity contribution in [1.82, 2.24) is 9.88 Å². The van der Waals surface area contributed by atoms with Gasteiger partial charge in [0.1, 0.15) is 17.3 Å². The topological polar surface area (TPSA) is 46.9 Å². The van der Waals surface area contributed by atoms with E-state index in [0.717, 1.165) is 49.6 Å². The largest absolute Gasteiger partial charge is 0.497 e. The maximum Gasteiger partial charge on any atom is 0.254 e. The first-order valence-electron chi connectivity index (χ1n) is 8.84. The molecule has 1 fully saturated rings. The van der Waals surface area contributed by atoms with Gasteiger partial charge < -0.3 is 14.5 Å². The molecule has 26 heavy (non-hydrogen) atoms. The summed E-state index contributed by atoms with van der Waals surface area (Å²) in [5, 5.41) is 1.18. The van der Waals surface area contributed by atoms with E-state index < -0.39 is 0 Å². The molecule has 0 bridgehead atoms. The van der Waals surface area contributed by atoms with Crippen LogP contribution in [0.3, 0.4) is 0 Å². The maximum atomic E-state index is 12.6. The van der Waals surface area contributed by atoms with Crippen molar-refractivity contribution >= 4 is 27.5 Å². The van der Waals surface area contributed by atoms with E-state index in [9.17, 15) is 4.79 Å². The van der Waals surface area contributed by atoms with E-state index in [1.165, 1.54) is 14.6 Å². The van der Waals surface area contributed by atoms with E-state index >= 15 is 0 Å². The molecule has 4 rings (SSSR count). The number of carbonyl (C=O) groups is 1. The fraction of sp³-hybridized carbons (Fsp3) is 0.300. The lowest BCUT2D eigenvalue weighted by molar-refractivity contribution is -0.917. The molecule has 0 atom stereocenters. The van der Waals surface area contributed by atoms with Gasteiger partial charge in [-0.25, -0.2) is 4.98 Å². The Hall–Kier alpha value is -2.44. The summed E-state index contributed by atoms with van der Waals surface area (Å²) in [4.78, 5) is 20.8. The molecule has 0 spiro atoms. The van der Waals surface area contributed by atoms with Gasteiger partial charge in [-0.05, 0) is 36.4 Å². The minimum absolute atomic E-state index is 0.103. The highest BCUT2D eigenvalue weighted by atomic mass is 32.1. The Morgan fingerprint density at radius 1 is 1.15 bits per heavy atom. The summed E-state index contributed by atoms with van der Waals surface area (Å²) >= 11 is 1.77. The second-order valence-electron chi connectivity index (χ2n) is 6.52. The van der Waals surface area contributed by atoms with Crippen molar-refractivity contribution in [3.8, 4) is 5.75 Å². The Morgan fingerprint density at radius 2 is 1.88 bits per heavy atom. The van der Waals surface area contributed by atoms with Crippen molar-refractivity contribution in [3.05, 3.63) is 59.1 Å². The van der Waals surface area contributed by atoms with E-state index in [1.54, 1.807) is 18.4 Å². The van der Waals surface area contributed by atoms with Crippen LogP contribution in [0, 0.1) is 0 Å². The van der Waals surface area contributed by atoms with Crippen molar-refractivity contribution in [1.29, 1.82) is 0 Å². The zero-order chi connectivity index (χ0) is 17.9. The monoisotopic (exact) mass is 368 g/mol. The Labute approximate surface area is 156 Å². The number of hydrogen-bond acceptors (Lipinski definition) is 4. The lowest BCUT2D eigenvalue weighted by Crippen LogP contribution is -3.13. The normalized spacial score (nSPS) is 15.3.